The lowest BCUT2D eigenvalue weighted by atomic mass is 9.91. The van der Waals surface area contributed by atoms with Crippen molar-refractivity contribution in [2.75, 3.05) is 0 Å². The van der Waals surface area contributed by atoms with E-state index in [1.807, 2.05) is 23.6 Å². The number of aromatic amines is 1. The molecule has 0 aliphatic heterocycles. The smallest absolute Gasteiger partial charge is 0.266 e. The number of fused-ring (bicyclic) bond motifs is 3. The standard InChI is InChI=1S/C22H21NO2S/c1-3-13(2)14-4-6-15(7-5-14)19-16(12-24)8-9-18-20(19)17-10-11-26-21(17)22(25)23-18/h4-11,13,24H,3,12H2,1-2H3,(H,23,25). The van der Waals surface area contributed by atoms with E-state index in [0.717, 1.165) is 44.1 Å². The van der Waals surface area contributed by atoms with Gasteiger partial charge in [0.05, 0.1) is 6.61 Å². The summed E-state index contributed by atoms with van der Waals surface area (Å²) in [5.74, 6) is 0.522. The zero-order chi connectivity index (χ0) is 18.3. The highest BCUT2D eigenvalue weighted by Crippen LogP contribution is 2.37. The average molecular weight is 363 g/mol. The fourth-order valence-corrected chi connectivity index (χ4v) is 4.36. The summed E-state index contributed by atoms with van der Waals surface area (Å²) in [6, 6.07) is 14.4. The fourth-order valence-electron chi connectivity index (χ4n) is 3.57. The van der Waals surface area contributed by atoms with Crippen LogP contribution < -0.4 is 5.56 Å². The Morgan fingerprint density at radius 2 is 1.88 bits per heavy atom. The Labute approximate surface area is 155 Å². The van der Waals surface area contributed by atoms with Gasteiger partial charge in [-0.3, -0.25) is 4.79 Å². The van der Waals surface area contributed by atoms with Crippen molar-refractivity contribution in [3.63, 3.8) is 0 Å². The monoisotopic (exact) mass is 363 g/mol. The second-order valence-corrected chi connectivity index (χ2v) is 7.65. The lowest BCUT2D eigenvalue weighted by Gasteiger charge is -2.15. The van der Waals surface area contributed by atoms with Crippen LogP contribution in [0.1, 0.15) is 37.3 Å². The minimum absolute atomic E-state index is 0.0385. The summed E-state index contributed by atoms with van der Waals surface area (Å²) < 4.78 is 0.727. The van der Waals surface area contributed by atoms with Crippen molar-refractivity contribution in [3.05, 3.63) is 69.3 Å². The van der Waals surface area contributed by atoms with Crippen LogP contribution in [0.5, 0.6) is 0 Å². The Hall–Kier alpha value is -2.43. The molecular formula is C22H21NO2S. The van der Waals surface area contributed by atoms with E-state index >= 15 is 0 Å². The van der Waals surface area contributed by atoms with Gasteiger partial charge in [0.25, 0.3) is 5.56 Å². The molecule has 0 spiro atoms. The maximum Gasteiger partial charge on any atom is 0.266 e. The van der Waals surface area contributed by atoms with Gasteiger partial charge in [0.1, 0.15) is 4.70 Å². The first-order valence-electron chi connectivity index (χ1n) is 8.90. The summed E-state index contributed by atoms with van der Waals surface area (Å²) in [6.07, 6.45) is 1.10. The van der Waals surface area contributed by atoms with E-state index in [1.165, 1.54) is 16.9 Å². The summed E-state index contributed by atoms with van der Waals surface area (Å²) in [5.41, 5.74) is 4.99. The Bertz CT molecular complexity index is 1140. The molecule has 2 aromatic carbocycles. The quantitative estimate of drug-likeness (QED) is 0.509. The molecule has 132 valence electrons. The van der Waals surface area contributed by atoms with Crippen molar-refractivity contribution < 1.29 is 5.11 Å². The van der Waals surface area contributed by atoms with Crippen LogP contribution in [0, 0.1) is 0 Å². The van der Waals surface area contributed by atoms with Crippen LogP contribution >= 0.6 is 11.3 Å². The zero-order valence-electron chi connectivity index (χ0n) is 14.9. The normalized spacial score (nSPS) is 12.7. The molecular weight excluding hydrogens is 342 g/mol. The predicted molar refractivity (Wildman–Crippen MR) is 110 cm³/mol. The number of nitrogens with one attached hydrogen (secondary N) is 1. The van der Waals surface area contributed by atoms with Gasteiger partial charge in [-0.25, -0.2) is 0 Å². The Morgan fingerprint density at radius 1 is 1.12 bits per heavy atom. The number of thiophene rings is 1. The first-order chi connectivity index (χ1) is 12.6. The van der Waals surface area contributed by atoms with Gasteiger partial charge in [0.15, 0.2) is 0 Å². The Kier molecular flexibility index (Phi) is 4.39. The van der Waals surface area contributed by atoms with Gasteiger partial charge in [-0.2, -0.15) is 0 Å². The summed E-state index contributed by atoms with van der Waals surface area (Å²) in [6.45, 7) is 4.38. The van der Waals surface area contributed by atoms with E-state index in [4.69, 9.17) is 0 Å². The SMILES string of the molecule is CCC(C)c1ccc(-c2c(CO)ccc3[nH]c(=O)c4sccc4c23)cc1. The molecule has 2 N–H and O–H groups in total. The second-order valence-electron chi connectivity index (χ2n) is 6.73. The van der Waals surface area contributed by atoms with Crippen molar-refractivity contribution in [3.8, 4) is 11.1 Å². The van der Waals surface area contributed by atoms with Crippen LogP contribution in [0.2, 0.25) is 0 Å². The van der Waals surface area contributed by atoms with Gasteiger partial charge >= 0.3 is 0 Å². The van der Waals surface area contributed by atoms with E-state index < -0.39 is 0 Å². The van der Waals surface area contributed by atoms with Gasteiger partial charge < -0.3 is 10.1 Å². The molecule has 0 saturated carbocycles. The molecule has 1 atom stereocenters. The molecule has 0 amide bonds. The summed E-state index contributed by atoms with van der Waals surface area (Å²) in [5, 5.41) is 13.8. The average Bonchev–Trinajstić information content (AvgIpc) is 3.17. The number of benzene rings is 2. The molecule has 2 aromatic heterocycles. The Morgan fingerprint density at radius 3 is 2.58 bits per heavy atom. The van der Waals surface area contributed by atoms with Crippen molar-refractivity contribution >= 4 is 32.3 Å². The molecule has 1 unspecified atom stereocenters. The van der Waals surface area contributed by atoms with Gasteiger partial charge in [-0.1, -0.05) is 44.2 Å². The number of aliphatic hydroxyl groups is 1. The van der Waals surface area contributed by atoms with E-state index in [2.05, 4.69) is 43.1 Å². The second kappa shape index (κ2) is 6.71. The molecule has 4 heteroatoms. The van der Waals surface area contributed by atoms with E-state index in [1.54, 1.807) is 0 Å². The van der Waals surface area contributed by atoms with Gasteiger partial charge in [-0.05, 0) is 52.1 Å². The maximum atomic E-state index is 12.3. The van der Waals surface area contributed by atoms with Gasteiger partial charge in [0.2, 0.25) is 0 Å². The molecule has 0 radical (unpaired) electrons. The third-order valence-electron chi connectivity index (χ3n) is 5.23. The van der Waals surface area contributed by atoms with Crippen molar-refractivity contribution in [1.82, 2.24) is 4.98 Å². The number of pyridine rings is 1. The number of rotatable bonds is 4. The summed E-state index contributed by atoms with van der Waals surface area (Å²) >= 11 is 1.45. The van der Waals surface area contributed by atoms with Gasteiger partial charge in [-0.15, -0.1) is 11.3 Å². The third-order valence-corrected chi connectivity index (χ3v) is 6.14. The van der Waals surface area contributed by atoms with Crippen LogP contribution in [0.15, 0.2) is 52.6 Å². The molecule has 3 nitrogen and oxygen atoms in total. The number of hydrogen-bond acceptors (Lipinski definition) is 3. The van der Waals surface area contributed by atoms with Gasteiger partial charge in [0, 0.05) is 16.3 Å². The van der Waals surface area contributed by atoms with Crippen molar-refractivity contribution in [2.24, 2.45) is 0 Å². The van der Waals surface area contributed by atoms with Crippen LogP contribution in [0.4, 0.5) is 0 Å². The highest BCUT2D eigenvalue weighted by atomic mass is 32.1. The topological polar surface area (TPSA) is 53.1 Å². The molecule has 0 saturated heterocycles. The first kappa shape index (κ1) is 17.0. The van der Waals surface area contributed by atoms with Crippen LogP contribution in [-0.4, -0.2) is 10.1 Å². The molecule has 0 aliphatic carbocycles. The maximum absolute atomic E-state index is 12.3. The number of H-pyrrole nitrogens is 1. The minimum Gasteiger partial charge on any atom is -0.392 e. The highest BCUT2D eigenvalue weighted by molar-refractivity contribution is 7.17. The number of aromatic nitrogens is 1. The number of aliphatic hydroxyl groups excluding tert-OH is 1. The van der Waals surface area contributed by atoms with E-state index in [9.17, 15) is 9.90 Å². The molecule has 0 aliphatic rings. The lowest BCUT2D eigenvalue weighted by Crippen LogP contribution is -2.05. The molecule has 4 rings (SSSR count). The zero-order valence-corrected chi connectivity index (χ0v) is 15.7. The predicted octanol–water partition coefficient (Wildman–Crippen LogP) is 5.42. The fraction of sp³-hybridized carbons (Fsp3) is 0.227. The first-order valence-corrected chi connectivity index (χ1v) is 9.78. The van der Waals surface area contributed by atoms with Crippen molar-refractivity contribution in [2.45, 2.75) is 32.8 Å². The van der Waals surface area contributed by atoms with Crippen LogP contribution in [-0.2, 0) is 6.61 Å². The molecule has 2 heterocycles. The molecule has 0 fully saturated rings. The largest absolute Gasteiger partial charge is 0.392 e. The third kappa shape index (κ3) is 2.66. The van der Waals surface area contributed by atoms with E-state index in [0.29, 0.717) is 5.92 Å². The van der Waals surface area contributed by atoms with E-state index in [-0.39, 0.29) is 12.2 Å². The minimum atomic E-state index is -0.0580. The lowest BCUT2D eigenvalue weighted by molar-refractivity contribution is 0.282. The summed E-state index contributed by atoms with van der Waals surface area (Å²) in [4.78, 5) is 15.3. The van der Waals surface area contributed by atoms with Crippen LogP contribution in [0.3, 0.4) is 0 Å². The molecule has 4 aromatic rings. The highest BCUT2D eigenvalue weighted by Gasteiger charge is 2.15. The molecule has 0 bridgehead atoms. The van der Waals surface area contributed by atoms with Crippen LogP contribution in [0.25, 0.3) is 32.1 Å². The molecule has 26 heavy (non-hydrogen) atoms. The number of hydrogen-bond donors (Lipinski definition) is 2. The summed E-state index contributed by atoms with van der Waals surface area (Å²) in [7, 11) is 0. The Balaban J connectivity index is 2.04. The van der Waals surface area contributed by atoms with Crippen molar-refractivity contribution in [1.29, 1.82) is 0 Å².